The van der Waals surface area contributed by atoms with E-state index in [9.17, 15) is 4.79 Å². The summed E-state index contributed by atoms with van der Waals surface area (Å²) in [5.74, 6) is 1.44. The molecule has 2 nitrogen and oxygen atoms in total. The summed E-state index contributed by atoms with van der Waals surface area (Å²) in [6.45, 7) is 3.38. The molecule has 2 heteroatoms. The minimum atomic E-state index is -0.0983. The SMILES string of the molecule is CCOCC1(C=O)CC2CCC1C2. The van der Waals surface area contributed by atoms with Gasteiger partial charge in [0.05, 0.1) is 12.0 Å². The molecule has 2 aliphatic carbocycles. The lowest BCUT2D eigenvalue weighted by Gasteiger charge is -2.31. The van der Waals surface area contributed by atoms with Crippen molar-refractivity contribution in [2.24, 2.45) is 17.3 Å². The fraction of sp³-hybridized carbons (Fsp3) is 0.909. The van der Waals surface area contributed by atoms with Crippen LogP contribution in [-0.4, -0.2) is 19.5 Å². The molecule has 0 aromatic carbocycles. The van der Waals surface area contributed by atoms with Crippen LogP contribution in [0.2, 0.25) is 0 Å². The molecule has 0 saturated heterocycles. The summed E-state index contributed by atoms with van der Waals surface area (Å²) in [6, 6.07) is 0. The van der Waals surface area contributed by atoms with Crippen LogP contribution in [0.3, 0.4) is 0 Å². The second kappa shape index (κ2) is 3.41. The first kappa shape index (κ1) is 9.20. The Kier molecular flexibility index (Phi) is 2.41. The van der Waals surface area contributed by atoms with Crippen LogP contribution >= 0.6 is 0 Å². The van der Waals surface area contributed by atoms with Gasteiger partial charge in [0.15, 0.2) is 0 Å². The van der Waals surface area contributed by atoms with E-state index in [1.54, 1.807) is 0 Å². The molecule has 2 bridgehead atoms. The molecular formula is C11H18O2. The molecule has 0 N–H and O–H groups in total. The van der Waals surface area contributed by atoms with Gasteiger partial charge in [-0.3, -0.25) is 0 Å². The highest BCUT2D eigenvalue weighted by Gasteiger charge is 2.50. The summed E-state index contributed by atoms with van der Waals surface area (Å²) in [6.07, 6.45) is 6.11. The van der Waals surface area contributed by atoms with Crippen molar-refractivity contribution >= 4 is 6.29 Å². The molecule has 0 aromatic rings. The summed E-state index contributed by atoms with van der Waals surface area (Å²) in [5, 5.41) is 0. The van der Waals surface area contributed by atoms with Crippen molar-refractivity contribution in [3.8, 4) is 0 Å². The Bertz CT molecular complexity index is 202. The Labute approximate surface area is 79.7 Å². The summed E-state index contributed by atoms with van der Waals surface area (Å²) >= 11 is 0. The molecule has 0 radical (unpaired) electrons. The van der Waals surface area contributed by atoms with Gasteiger partial charge in [-0.05, 0) is 38.0 Å². The molecule has 2 fully saturated rings. The van der Waals surface area contributed by atoms with E-state index in [-0.39, 0.29) is 5.41 Å². The van der Waals surface area contributed by atoms with Gasteiger partial charge < -0.3 is 9.53 Å². The molecular weight excluding hydrogens is 164 g/mol. The maximum Gasteiger partial charge on any atom is 0.128 e. The van der Waals surface area contributed by atoms with Crippen molar-refractivity contribution in [1.29, 1.82) is 0 Å². The number of hydrogen-bond acceptors (Lipinski definition) is 2. The summed E-state index contributed by atoms with van der Waals surface area (Å²) < 4.78 is 5.43. The normalized spacial score (nSPS) is 42.5. The standard InChI is InChI=1S/C11H18O2/c1-2-13-8-11(7-12)6-9-3-4-10(11)5-9/h7,9-10H,2-6,8H2,1H3. The van der Waals surface area contributed by atoms with Crippen molar-refractivity contribution < 1.29 is 9.53 Å². The molecule has 3 unspecified atom stereocenters. The molecule has 13 heavy (non-hydrogen) atoms. The van der Waals surface area contributed by atoms with Crippen LogP contribution < -0.4 is 0 Å². The van der Waals surface area contributed by atoms with E-state index in [1.807, 2.05) is 6.92 Å². The zero-order valence-electron chi connectivity index (χ0n) is 8.29. The van der Waals surface area contributed by atoms with E-state index in [4.69, 9.17) is 4.74 Å². The monoisotopic (exact) mass is 182 g/mol. The molecule has 0 aromatic heterocycles. The topological polar surface area (TPSA) is 26.3 Å². The molecule has 2 saturated carbocycles. The highest BCUT2D eigenvalue weighted by molar-refractivity contribution is 5.61. The molecule has 2 rings (SSSR count). The van der Waals surface area contributed by atoms with Crippen molar-refractivity contribution in [2.75, 3.05) is 13.2 Å². The highest BCUT2D eigenvalue weighted by Crippen LogP contribution is 2.54. The summed E-state index contributed by atoms with van der Waals surface area (Å²) in [4.78, 5) is 11.1. The third-order valence-electron chi connectivity index (χ3n) is 3.83. The second-order valence-corrected chi connectivity index (χ2v) is 4.57. The lowest BCUT2D eigenvalue weighted by atomic mass is 9.75. The number of rotatable bonds is 4. The Morgan fingerprint density at radius 1 is 1.54 bits per heavy atom. The smallest absolute Gasteiger partial charge is 0.128 e. The molecule has 74 valence electrons. The molecule has 0 heterocycles. The van der Waals surface area contributed by atoms with E-state index in [0.29, 0.717) is 12.5 Å². The van der Waals surface area contributed by atoms with E-state index < -0.39 is 0 Å². The van der Waals surface area contributed by atoms with Gasteiger partial charge in [0.2, 0.25) is 0 Å². The van der Waals surface area contributed by atoms with Gasteiger partial charge >= 0.3 is 0 Å². The number of ether oxygens (including phenoxy) is 1. The predicted octanol–water partition coefficient (Wildman–Crippen LogP) is 2.03. The van der Waals surface area contributed by atoms with Crippen LogP contribution in [0.4, 0.5) is 0 Å². The fourth-order valence-electron chi connectivity index (χ4n) is 3.13. The third-order valence-corrected chi connectivity index (χ3v) is 3.83. The summed E-state index contributed by atoms with van der Waals surface area (Å²) in [5.41, 5.74) is -0.0983. The van der Waals surface area contributed by atoms with Gasteiger partial charge in [-0.1, -0.05) is 6.42 Å². The maximum atomic E-state index is 11.1. The van der Waals surface area contributed by atoms with E-state index in [0.717, 1.165) is 18.9 Å². The van der Waals surface area contributed by atoms with Crippen LogP contribution in [0.15, 0.2) is 0 Å². The Morgan fingerprint density at radius 2 is 2.38 bits per heavy atom. The molecule has 0 spiro atoms. The predicted molar refractivity (Wildman–Crippen MR) is 50.4 cm³/mol. The van der Waals surface area contributed by atoms with E-state index in [2.05, 4.69) is 0 Å². The van der Waals surface area contributed by atoms with Crippen LogP contribution in [0.1, 0.15) is 32.6 Å². The highest BCUT2D eigenvalue weighted by atomic mass is 16.5. The van der Waals surface area contributed by atoms with Crippen molar-refractivity contribution in [1.82, 2.24) is 0 Å². The number of hydrogen-bond donors (Lipinski definition) is 0. The fourth-order valence-corrected chi connectivity index (χ4v) is 3.13. The van der Waals surface area contributed by atoms with E-state index >= 15 is 0 Å². The van der Waals surface area contributed by atoms with Gasteiger partial charge in [0.1, 0.15) is 6.29 Å². The lowest BCUT2D eigenvalue weighted by Crippen LogP contribution is -2.34. The third kappa shape index (κ3) is 1.41. The molecule has 0 aliphatic heterocycles. The van der Waals surface area contributed by atoms with Gasteiger partial charge in [-0.25, -0.2) is 0 Å². The number of fused-ring (bicyclic) bond motifs is 2. The summed E-state index contributed by atoms with van der Waals surface area (Å²) in [7, 11) is 0. The van der Waals surface area contributed by atoms with Gasteiger partial charge in [0.25, 0.3) is 0 Å². The Balaban J connectivity index is 2.03. The zero-order chi connectivity index (χ0) is 9.31. The maximum absolute atomic E-state index is 11.1. The second-order valence-electron chi connectivity index (χ2n) is 4.57. The average Bonchev–Trinajstić information content (AvgIpc) is 2.74. The van der Waals surface area contributed by atoms with Crippen LogP contribution in [0.5, 0.6) is 0 Å². The van der Waals surface area contributed by atoms with E-state index in [1.165, 1.54) is 25.5 Å². The number of aldehydes is 1. The minimum Gasteiger partial charge on any atom is -0.381 e. The van der Waals surface area contributed by atoms with Crippen molar-refractivity contribution in [2.45, 2.75) is 32.6 Å². The van der Waals surface area contributed by atoms with Gasteiger partial charge in [-0.15, -0.1) is 0 Å². The van der Waals surface area contributed by atoms with Crippen LogP contribution in [0, 0.1) is 17.3 Å². The average molecular weight is 182 g/mol. The lowest BCUT2D eigenvalue weighted by molar-refractivity contribution is -0.123. The molecule has 3 atom stereocenters. The number of carbonyl (C=O) groups excluding carboxylic acids is 1. The first-order chi connectivity index (χ1) is 6.30. The first-order valence-electron chi connectivity index (χ1n) is 5.35. The quantitative estimate of drug-likeness (QED) is 0.622. The molecule has 2 aliphatic rings. The Morgan fingerprint density at radius 3 is 2.85 bits per heavy atom. The van der Waals surface area contributed by atoms with Crippen molar-refractivity contribution in [3.05, 3.63) is 0 Å². The van der Waals surface area contributed by atoms with Crippen LogP contribution in [0.25, 0.3) is 0 Å². The van der Waals surface area contributed by atoms with Crippen molar-refractivity contribution in [3.63, 3.8) is 0 Å². The van der Waals surface area contributed by atoms with Crippen LogP contribution in [-0.2, 0) is 9.53 Å². The van der Waals surface area contributed by atoms with Gasteiger partial charge in [0, 0.05) is 6.61 Å². The first-order valence-corrected chi connectivity index (χ1v) is 5.35. The Hall–Kier alpha value is -0.370. The number of carbonyl (C=O) groups is 1. The zero-order valence-corrected chi connectivity index (χ0v) is 8.29. The minimum absolute atomic E-state index is 0.0983. The molecule has 0 amide bonds. The van der Waals surface area contributed by atoms with Gasteiger partial charge in [-0.2, -0.15) is 0 Å². The largest absolute Gasteiger partial charge is 0.381 e.